The summed E-state index contributed by atoms with van der Waals surface area (Å²) in [5.41, 5.74) is -0.721. The lowest BCUT2D eigenvalue weighted by Gasteiger charge is -2.39. The van der Waals surface area contributed by atoms with Crippen LogP contribution in [0.15, 0.2) is 30.3 Å². The number of alkyl carbamates (subject to hydrolysis) is 1. The molecule has 1 aromatic rings. The van der Waals surface area contributed by atoms with Gasteiger partial charge in [0.05, 0.1) is 0 Å². The normalized spacial score (nSPS) is 25.7. The van der Waals surface area contributed by atoms with Gasteiger partial charge in [-0.2, -0.15) is 0 Å². The van der Waals surface area contributed by atoms with Crippen molar-refractivity contribution in [2.45, 2.75) is 49.3 Å². The van der Waals surface area contributed by atoms with Crippen LogP contribution in [0.4, 0.5) is 4.79 Å². The van der Waals surface area contributed by atoms with Gasteiger partial charge < -0.3 is 15.2 Å². The zero-order valence-corrected chi connectivity index (χ0v) is 15.9. The van der Waals surface area contributed by atoms with Crippen molar-refractivity contribution in [2.75, 3.05) is 0 Å². The van der Waals surface area contributed by atoms with E-state index >= 15 is 0 Å². The van der Waals surface area contributed by atoms with Crippen molar-refractivity contribution in [1.29, 1.82) is 0 Å². The number of rotatable bonds is 3. The maximum absolute atomic E-state index is 12.6. The van der Waals surface area contributed by atoms with Gasteiger partial charge in [-0.25, -0.2) is 4.79 Å². The van der Waals surface area contributed by atoms with Crippen molar-refractivity contribution in [1.82, 2.24) is 5.32 Å². The van der Waals surface area contributed by atoms with Crippen molar-refractivity contribution < 1.29 is 19.4 Å². The van der Waals surface area contributed by atoms with Crippen LogP contribution < -0.4 is 5.32 Å². The number of hydrogen-bond acceptors (Lipinski definition) is 5. The highest BCUT2D eigenvalue weighted by atomic mass is 32.1. The van der Waals surface area contributed by atoms with Gasteiger partial charge in [0.15, 0.2) is 13.6 Å². The fraction of sp³-hybridized carbons (Fsp3) is 0.500. The Morgan fingerprint density at radius 1 is 1.46 bits per heavy atom. The number of amides is 1. The van der Waals surface area contributed by atoms with Crippen LogP contribution in [-0.4, -0.2) is 35.5 Å². The number of aliphatic hydroxyl groups excluding tert-OH is 1. The van der Waals surface area contributed by atoms with Crippen LogP contribution in [-0.2, 0) is 15.1 Å². The Bertz CT molecular complexity index is 567. The number of ketones is 1. The smallest absolute Gasteiger partial charge is 0.409 e. The van der Waals surface area contributed by atoms with Gasteiger partial charge in [0.2, 0.25) is 0 Å². The molecule has 0 aliphatic heterocycles. The van der Waals surface area contributed by atoms with Crippen molar-refractivity contribution in [3.05, 3.63) is 35.9 Å². The number of aliphatic hydroxyl groups is 1. The molecule has 130 valence electrons. The fourth-order valence-corrected chi connectivity index (χ4v) is 2.84. The van der Waals surface area contributed by atoms with E-state index in [4.69, 9.17) is 12.6 Å². The molecule has 1 saturated carbocycles. The van der Waals surface area contributed by atoms with Crippen molar-refractivity contribution in [2.24, 2.45) is 0 Å². The molecule has 1 aliphatic carbocycles. The molecule has 1 fully saturated rings. The van der Waals surface area contributed by atoms with E-state index in [1.54, 1.807) is 30.3 Å². The Morgan fingerprint density at radius 3 is 2.58 bits per heavy atom. The first-order chi connectivity index (χ1) is 11.2. The number of carbonyl (C=O) groups excluding carboxylic acids is 2. The lowest BCUT2D eigenvalue weighted by Crippen LogP contribution is -2.58. The molecular weight excluding hydrogens is 344 g/mol. The monoisotopic (exact) mass is 367 g/mol. The number of hydrogen-bond donors (Lipinski definition) is 3. The van der Waals surface area contributed by atoms with E-state index in [2.05, 4.69) is 27.2 Å². The summed E-state index contributed by atoms with van der Waals surface area (Å²) < 4.78 is 3.35. The van der Waals surface area contributed by atoms with Gasteiger partial charge in [-0.1, -0.05) is 53.4 Å². The molecule has 0 bridgehead atoms. The fourth-order valence-electron chi connectivity index (χ4n) is 2.65. The summed E-state index contributed by atoms with van der Waals surface area (Å²) in [6, 6.07) is 8.79. The van der Waals surface area contributed by atoms with Crippen LogP contribution in [0.2, 0.25) is 0 Å². The van der Waals surface area contributed by atoms with Crippen molar-refractivity contribution in [3.63, 3.8) is 0 Å². The molecule has 0 heterocycles. The molecule has 1 amide bonds. The molecule has 5 nitrogen and oxygen atoms in total. The topological polar surface area (TPSA) is 75.6 Å². The third-order valence-corrected chi connectivity index (χ3v) is 3.80. The Balaban J connectivity index is 0.00000139. The van der Waals surface area contributed by atoms with Gasteiger partial charge in [0.25, 0.3) is 0 Å². The SMILES string of the molecule is CC.[B]C(P)(S)OC(=O)N[C@@]1(c2ccccc2)CCCC(O)C1=O. The second kappa shape index (κ2) is 8.88. The number of benzene rings is 1. The average Bonchev–Trinajstić information content (AvgIpc) is 2.53. The number of nitrogens with one attached hydrogen (secondary N) is 1. The van der Waals surface area contributed by atoms with Crippen molar-refractivity contribution in [3.8, 4) is 0 Å². The quantitative estimate of drug-likeness (QED) is 0.332. The zero-order chi connectivity index (χ0) is 18.4. The van der Waals surface area contributed by atoms with Gasteiger partial charge in [0, 0.05) is 0 Å². The lowest BCUT2D eigenvalue weighted by molar-refractivity contribution is -0.137. The predicted octanol–water partition coefficient (Wildman–Crippen LogP) is 2.33. The first-order valence-corrected chi connectivity index (χ1v) is 8.86. The Hall–Kier alpha value is -1.04. The average molecular weight is 367 g/mol. The van der Waals surface area contributed by atoms with E-state index in [9.17, 15) is 14.7 Å². The Labute approximate surface area is 151 Å². The van der Waals surface area contributed by atoms with Gasteiger partial charge >= 0.3 is 6.09 Å². The standard InChI is InChI=1S/C14H17BNO4PS.C2H6/c15-14(21,22)20-12(19)16-13(9-5-2-1-3-6-9)8-4-7-10(17)11(13)18;1-2/h1-3,5-6,10,17,22H,4,7-8,21H2,(H,16,19);1-2H3/t10?,13-,14?;/m1./s1. The van der Waals surface area contributed by atoms with E-state index in [1.165, 1.54) is 0 Å². The van der Waals surface area contributed by atoms with Gasteiger partial charge in [-0.3, -0.25) is 4.79 Å². The summed E-state index contributed by atoms with van der Waals surface area (Å²) in [5.74, 6) is -0.451. The number of thiol groups is 1. The predicted molar refractivity (Wildman–Crippen MR) is 101 cm³/mol. The molecule has 1 aliphatic rings. The van der Waals surface area contributed by atoms with E-state index in [0.29, 0.717) is 24.8 Å². The van der Waals surface area contributed by atoms with Crippen molar-refractivity contribution >= 4 is 41.6 Å². The molecule has 2 rings (SSSR count). The summed E-state index contributed by atoms with van der Waals surface area (Å²) >= 11 is 3.89. The first-order valence-electron chi connectivity index (χ1n) is 7.84. The molecule has 8 heteroatoms. The second-order valence-electron chi connectivity index (χ2n) is 5.31. The van der Waals surface area contributed by atoms with Crippen LogP contribution in [0.5, 0.6) is 0 Å². The number of Topliss-reactive ketones (excluding diaryl/α,β-unsaturated/α-hetero) is 1. The van der Waals surface area contributed by atoms with Crippen LogP contribution in [0.3, 0.4) is 0 Å². The highest BCUT2D eigenvalue weighted by Gasteiger charge is 2.47. The lowest BCUT2D eigenvalue weighted by atomic mass is 9.74. The van der Waals surface area contributed by atoms with Crippen LogP contribution in [0.25, 0.3) is 0 Å². The summed E-state index contributed by atoms with van der Waals surface area (Å²) in [5, 5.41) is 12.5. The second-order valence-corrected chi connectivity index (χ2v) is 7.35. The zero-order valence-electron chi connectivity index (χ0n) is 13.9. The molecule has 2 N–H and O–H groups in total. The maximum Gasteiger partial charge on any atom is 0.409 e. The summed E-state index contributed by atoms with van der Waals surface area (Å²) in [6.07, 6.45) is -0.649. The Morgan fingerprint density at radius 2 is 2.04 bits per heavy atom. The van der Waals surface area contributed by atoms with Crippen LogP contribution in [0, 0.1) is 0 Å². The summed E-state index contributed by atoms with van der Waals surface area (Å²) in [7, 11) is 7.55. The minimum atomic E-state index is -1.54. The molecule has 0 spiro atoms. The first kappa shape index (κ1) is 21.0. The molecule has 3 unspecified atom stereocenters. The van der Waals surface area contributed by atoms with Gasteiger partial charge in [-0.15, -0.1) is 12.6 Å². The van der Waals surface area contributed by atoms with E-state index in [1.807, 2.05) is 13.8 Å². The van der Waals surface area contributed by atoms with E-state index < -0.39 is 28.1 Å². The largest absolute Gasteiger partial charge is 0.439 e. The molecule has 0 saturated heterocycles. The minimum absolute atomic E-state index is 0.376. The molecule has 2 radical (unpaired) electrons. The highest BCUT2D eigenvalue weighted by Crippen LogP contribution is 2.35. The highest BCUT2D eigenvalue weighted by molar-refractivity contribution is 7.88. The Kier molecular flexibility index (Phi) is 7.78. The minimum Gasteiger partial charge on any atom is -0.439 e. The third kappa shape index (κ3) is 5.23. The molecule has 1 aromatic carbocycles. The number of ether oxygens (including phenoxy) is 1. The third-order valence-electron chi connectivity index (χ3n) is 3.59. The molecular formula is C16H23BNO4PS. The van der Waals surface area contributed by atoms with E-state index in [0.717, 1.165) is 0 Å². The van der Waals surface area contributed by atoms with Gasteiger partial charge in [0.1, 0.15) is 16.2 Å². The van der Waals surface area contributed by atoms with Crippen LogP contribution >= 0.6 is 21.9 Å². The molecule has 4 atom stereocenters. The summed E-state index contributed by atoms with van der Waals surface area (Å²) in [4.78, 5) is 24.6. The van der Waals surface area contributed by atoms with Gasteiger partial charge in [-0.05, 0) is 24.8 Å². The molecule has 24 heavy (non-hydrogen) atoms. The van der Waals surface area contributed by atoms with Crippen LogP contribution in [0.1, 0.15) is 38.7 Å². The summed E-state index contributed by atoms with van der Waals surface area (Å²) in [6.45, 7) is 4.00. The van der Waals surface area contributed by atoms with E-state index in [-0.39, 0.29) is 0 Å². The molecule has 0 aromatic heterocycles. The maximum atomic E-state index is 12.6. The number of carbonyl (C=O) groups is 2.